The van der Waals surface area contributed by atoms with E-state index in [2.05, 4.69) is 38.6 Å². The number of aromatic nitrogens is 4. The minimum Gasteiger partial charge on any atom is -0.392 e. The van der Waals surface area contributed by atoms with Gasteiger partial charge >= 0.3 is 0 Å². The van der Waals surface area contributed by atoms with Gasteiger partial charge in [-0.15, -0.1) is 0 Å². The summed E-state index contributed by atoms with van der Waals surface area (Å²) in [6, 6.07) is 9.43. The Morgan fingerprint density at radius 1 is 1.00 bits per heavy atom. The molecule has 0 spiro atoms. The van der Waals surface area contributed by atoms with Gasteiger partial charge in [-0.2, -0.15) is 0 Å². The third kappa shape index (κ3) is 5.31. The number of amides is 1. The molecule has 7 rings (SSSR count). The van der Waals surface area contributed by atoms with Gasteiger partial charge in [0.05, 0.1) is 18.5 Å². The number of anilines is 4. The smallest absolute Gasteiger partial charge is 0.276 e. The Balaban J connectivity index is 1.17. The maximum absolute atomic E-state index is 13.8. The van der Waals surface area contributed by atoms with Gasteiger partial charge in [0.25, 0.3) is 11.5 Å². The number of aliphatic hydroxyl groups is 1. The lowest BCUT2D eigenvalue weighted by molar-refractivity contribution is 0.0962. The number of carbonyl (C=O) groups is 1. The maximum atomic E-state index is 13.8. The van der Waals surface area contributed by atoms with Crippen molar-refractivity contribution in [2.75, 3.05) is 47.8 Å². The van der Waals surface area contributed by atoms with Crippen LogP contribution in [0.15, 0.2) is 53.7 Å². The fourth-order valence-corrected chi connectivity index (χ4v) is 6.97. The highest BCUT2D eigenvalue weighted by Crippen LogP contribution is 2.40. The average molecular weight is 605 g/mol. The van der Waals surface area contributed by atoms with Crippen molar-refractivity contribution < 1.29 is 9.90 Å². The Morgan fingerprint density at radius 3 is 2.53 bits per heavy atom. The first-order valence-corrected chi connectivity index (χ1v) is 15.4. The first-order valence-electron chi connectivity index (χ1n) is 15.4. The Kier molecular flexibility index (Phi) is 7.28. The van der Waals surface area contributed by atoms with E-state index >= 15 is 0 Å². The van der Waals surface area contributed by atoms with Crippen LogP contribution in [0.3, 0.4) is 0 Å². The van der Waals surface area contributed by atoms with Gasteiger partial charge in [0, 0.05) is 75.5 Å². The SMILES string of the molecule is [B]N1CCN(c2ccc(Nc3cc(-c4ccnc(N5CCn6c(cc7c6CC(C)(C)C7)C5=O)c4CO)cn(C)c3=O)nc2)CC1. The van der Waals surface area contributed by atoms with Gasteiger partial charge in [-0.1, -0.05) is 13.8 Å². The van der Waals surface area contributed by atoms with Crippen LogP contribution in [0.5, 0.6) is 0 Å². The number of aryl methyl sites for hydroxylation is 1. The van der Waals surface area contributed by atoms with Gasteiger partial charge in [-0.25, -0.2) is 9.97 Å². The highest BCUT2D eigenvalue weighted by molar-refractivity contribution is 6.06. The molecular weight excluding hydrogens is 567 g/mol. The summed E-state index contributed by atoms with van der Waals surface area (Å²) in [5.74, 6) is 0.861. The molecule has 1 aliphatic carbocycles. The van der Waals surface area contributed by atoms with Crippen LogP contribution < -0.4 is 20.7 Å². The predicted molar refractivity (Wildman–Crippen MR) is 175 cm³/mol. The molecule has 6 heterocycles. The van der Waals surface area contributed by atoms with E-state index in [1.807, 2.05) is 23.0 Å². The average Bonchev–Trinajstić information content (AvgIpc) is 3.52. The molecule has 1 saturated heterocycles. The van der Waals surface area contributed by atoms with Crippen molar-refractivity contribution in [3.8, 4) is 11.1 Å². The fourth-order valence-electron chi connectivity index (χ4n) is 6.97. The van der Waals surface area contributed by atoms with E-state index in [4.69, 9.17) is 7.98 Å². The van der Waals surface area contributed by atoms with Crippen LogP contribution in [-0.4, -0.2) is 75.6 Å². The Morgan fingerprint density at radius 2 is 1.80 bits per heavy atom. The molecule has 230 valence electrons. The van der Waals surface area contributed by atoms with E-state index in [1.54, 1.807) is 42.7 Å². The molecule has 0 unspecified atom stereocenters. The van der Waals surface area contributed by atoms with Crippen molar-refractivity contribution in [1.82, 2.24) is 23.9 Å². The van der Waals surface area contributed by atoms with Gasteiger partial charge in [-0.05, 0) is 59.7 Å². The highest BCUT2D eigenvalue weighted by atomic mass is 16.3. The van der Waals surface area contributed by atoms with Crippen molar-refractivity contribution in [1.29, 1.82) is 0 Å². The number of hydrogen-bond acceptors (Lipinski definition) is 8. The summed E-state index contributed by atoms with van der Waals surface area (Å²) in [7, 11) is 7.58. The second-order valence-electron chi connectivity index (χ2n) is 13.1. The Labute approximate surface area is 263 Å². The summed E-state index contributed by atoms with van der Waals surface area (Å²) in [5, 5.41) is 13.8. The van der Waals surface area contributed by atoms with Crippen LogP contribution in [0.2, 0.25) is 0 Å². The van der Waals surface area contributed by atoms with E-state index in [9.17, 15) is 14.7 Å². The second kappa shape index (κ2) is 11.2. The van der Waals surface area contributed by atoms with Crippen molar-refractivity contribution in [3.63, 3.8) is 0 Å². The number of hydrogen-bond donors (Lipinski definition) is 2. The summed E-state index contributed by atoms with van der Waals surface area (Å²) < 4.78 is 3.67. The first kappa shape index (κ1) is 29.3. The van der Waals surface area contributed by atoms with Crippen LogP contribution in [0.1, 0.15) is 41.2 Å². The molecular formula is C33H37BN8O3. The van der Waals surface area contributed by atoms with Crippen LogP contribution in [-0.2, 0) is 33.0 Å². The number of nitrogens with one attached hydrogen (secondary N) is 1. The number of fused-ring (bicyclic) bond motifs is 3. The van der Waals surface area contributed by atoms with Crippen LogP contribution >= 0.6 is 0 Å². The van der Waals surface area contributed by atoms with Gasteiger partial charge in [-0.3, -0.25) is 14.5 Å². The maximum Gasteiger partial charge on any atom is 0.276 e. The number of rotatable bonds is 6. The fraction of sp³-hybridized carbons (Fsp3) is 0.394. The molecule has 4 aromatic heterocycles. The number of carbonyl (C=O) groups excluding carboxylic acids is 1. The molecule has 4 aromatic rings. The minimum atomic E-state index is -0.318. The number of nitrogens with zero attached hydrogens (tertiary/aromatic N) is 7. The summed E-state index contributed by atoms with van der Waals surface area (Å²) in [4.78, 5) is 41.8. The van der Waals surface area contributed by atoms with E-state index in [0.29, 0.717) is 52.8 Å². The molecule has 0 bridgehead atoms. The normalized spacial score (nSPS) is 17.8. The van der Waals surface area contributed by atoms with Crippen molar-refractivity contribution >= 4 is 36.9 Å². The molecule has 45 heavy (non-hydrogen) atoms. The predicted octanol–water partition coefficient (Wildman–Crippen LogP) is 2.87. The molecule has 11 nitrogen and oxygen atoms in total. The Bertz CT molecular complexity index is 1840. The molecule has 1 fully saturated rings. The third-order valence-corrected chi connectivity index (χ3v) is 9.26. The van der Waals surface area contributed by atoms with Gasteiger partial charge < -0.3 is 29.3 Å². The van der Waals surface area contributed by atoms with Crippen molar-refractivity contribution in [2.45, 2.75) is 39.8 Å². The molecule has 12 heteroatoms. The van der Waals surface area contributed by atoms with E-state index in [-0.39, 0.29) is 23.5 Å². The van der Waals surface area contributed by atoms with E-state index in [0.717, 1.165) is 44.7 Å². The lowest BCUT2D eigenvalue weighted by Crippen LogP contribution is -2.45. The van der Waals surface area contributed by atoms with E-state index in [1.165, 1.54) is 15.8 Å². The molecule has 2 aliphatic heterocycles. The summed E-state index contributed by atoms with van der Waals surface area (Å²) in [6.07, 6.45) is 7.09. The van der Waals surface area contributed by atoms with Crippen LogP contribution in [0.25, 0.3) is 11.1 Å². The largest absolute Gasteiger partial charge is 0.392 e. The highest BCUT2D eigenvalue weighted by Gasteiger charge is 2.37. The minimum absolute atomic E-state index is 0.116. The summed E-state index contributed by atoms with van der Waals surface area (Å²) >= 11 is 0. The number of pyridine rings is 3. The monoisotopic (exact) mass is 604 g/mol. The lowest BCUT2D eigenvalue weighted by Gasteiger charge is -2.34. The molecule has 0 aromatic carbocycles. The van der Waals surface area contributed by atoms with Crippen molar-refractivity contribution in [3.05, 3.63) is 81.8 Å². The lowest BCUT2D eigenvalue weighted by atomic mass is 9.90. The number of aliphatic hydroxyl groups excluding tert-OH is 1. The van der Waals surface area contributed by atoms with Crippen molar-refractivity contribution in [2.24, 2.45) is 12.5 Å². The summed E-state index contributed by atoms with van der Waals surface area (Å²) in [6.45, 7) is 8.56. The Hall–Kier alpha value is -4.42. The molecule has 0 saturated carbocycles. The third-order valence-electron chi connectivity index (χ3n) is 9.26. The van der Waals surface area contributed by atoms with Crippen LogP contribution in [0.4, 0.5) is 23.0 Å². The first-order chi connectivity index (χ1) is 21.6. The quantitative estimate of drug-likeness (QED) is 0.324. The van der Waals surface area contributed by atoms with Gasteiger partial charge in [0.2, 0.25) is 0 Å². The van der Waals surface area contributed by atoms with E-state index < -0.39 is 0 Å². The molecule has 1 amide bonds. The van der Waals surface area contributed by atoms with Gasteiger partial charge in [0.15, 0.2) is 7.98 Å². The topological polar surface area (TPSA) is 112 Å². The number of piperazine rings is 1. The molecule has 0 atom stereocenters. The van der Waals surface area contributed by atoms with Crippen LogP contribution in [0, 0.1) is 5.41 Å². The molecule has 2 N–H and O–H groups in total. The molecule has 2 radical (unpaired) electrons. The van der Waals surface area contributed by atoms with Gasteiger partial charge in [0.1, 0.15) is 23.0 Å². The zero-order valence-corrected chi connectivity index (χ0v) is 26.0. The summed E-state index contributed by atoms with van der Waals surface area (Å²) in [5.41, 5.74) is 6.45. The zero-order chi connectivity index (χ0) is 31.5. The zero-order valence-electron chi connectivity index (χ0n) is 26.0. The second-order valence-corrected chi connectivity index (χ2v) is 13.1. The standard InChI is InChI=1S/C33H37BN8O3/c1-33(2)16-21-15-27-32(45)42(13-12-41(27)28(21)17-33)30-25(20-43)24(6-7-35-30)22-14-26(31(44)38(3)19-22)37-29-5-4-23(18-36-29)39-8-10-40(34)11-9-39/h4-7,14-15,18-19,43H,8-13,16-17,20H2,1-3H3,(H,36,37). The molecule has 3 aliphatic rings.